The number of hydrogen-bond donors (Lipinski definition) is 1. The molecule has 0 atom stereocenters. The maximum atomic E-state index is 12.4. The number of nitrogens with zero attached hydrogens (tertiary/aromatic N) is 5. The molecule has 0 bridgehead atoms. The average molecular weight is 559 g/mol. The maximum Gasteiger partial charge on any atom is 0.250 e. The molecule has 178 valence electrons. The zero-order valence-corrected chi connectivity index (χ0v) is 21.2. The van der Waals surface area contributed by atoms with Crippen LogP contribution in [-0.2, 0) is 4.79 Å². The summed E-state index contributed by atoms with van der Waals surface area (Å²) < 4.78 is 8.70. The van der Waals surface area contributed by atoms with Crippen LogP contribution in [0, 0.1) is 0 Å². The Morgan fingerprint density at radius 3 is 2.53 bits per heavy atom. The van der Waals surface area contributed by atoms with Crippen LogP contribution in [-0.4, -0.2) is 37.6 Å². The number of nitrogens with one attached hydrogen (secondary N) is 1. The molecule has 3 aromatic heterocycles. The molecule has 2 aromatic carbocycles. The number of thioether (sulfide) groups is 1. The van der Waals surface area contributed by atoms with Gasteiger partial charge in [0.25, 0.3) is 5.91 Å². The van der Waals surface area contributed by atoms with Gasteiger partial charge in [0, 0.05) is 33.7 Å². The Kier molecular flexibility index (Phi) is 7.34. The first kappa shape index (κ1) is 23.7. The molecule has 0 spiro atoms. The van der Waals surface area contributed by atoms with Crippen molar-refractivity contribution in [2.24, 2.45) is 5.10 Å². The number of furan rings is 1. The van der Waals surface area contributed by atoms with Crippen molar-refractivity contribution in [1.29, 1.82) is 0 Å². The van der Waals surface area contributed by atoms with E-state index >= 15 is 0 Å². The minimum atomic E-state index is -0.274. The van der Waals surface area contributed by atoms with Gasteiger partial charge in [0.1, 0.15) is 11.5 Å². The molecule has 5 rings (SSSR count). The Morgan fingerprint density at radius 1 is 0.972 bits per heavy atom. The SMILES string of the molecule is O=C(CSc1nnc(-c2ccncc2)n1-c1ccccc1)N/N=C/c1ccc(-c2ccc(Br)cc2)o1. The van der Waals surface area contributed by atoms with Gasteiger partial charge in [-0.15, -0.1) is 10.2 Å². The van der Waals surface area contributed by atoms with E-state index in [-0.39, 0.29) is 11.7 Å². The zero-order valence-electron chi connectivity index (χ0n) is 18.8. The highest BCUT2D eigenvalue weighted by Crippen LogP contribution is 2.27. The summed E-state index contributed by atoms with van der Waals surface area (Å²) in [5.74, 6) is 1.76. The number of pyridine rings is 1. The van der Waals surface area contributed by atoms with Crippen LogP contribution in [0.25, 0.3) is 28.4 Å². The molecule has 0 saturated heterocycles. The van der Waals surface area contributed by atoms with E-state index in [4.69, 9.17) is 4.42 Å². The summed E-state index contributed by atoms with van der Waals surface area (Å²) in [6.45, 7) is 0. The van der Waals surface area contributed by atoms with Crippen LogP contribution in [0.3, 0.4) is 0 Å². The molecule has 0 aliphatic carbocycles. The fourth-order valence-electron chi connectivity index (χ4n) is 3.38. The molecule has 10 heteroatoms. The molecule has 0 fully saturated rings. The van der Waals surface area contributed by atoms with Crippen LogP contribution < -0.4 is 5.43 Å². The van der Waals surface area contributed by atoms with Gasteiger partial charge in [0.15, 0.2) is 11.0 Å². The van der Waals surface area contributed by atoms with Crippen molar-refractivity contribution in [3.63, 3.8) is 0 Å². The van der Waals surface area contributed by atoms with Crippen molar-refractivity contribution < 1.29 is 9.21 Å². The zero-order chi connectivity index (χ0) is 24.7. The second-order valence-corrected chi connectivity index (χ2v) is 9.36. The van der Waals surface area contributed by atoms with Gasteiger partial charge in [-0.2, -0.15) is 5.10 Å². The highest BCUT2D eigenvalue weighted by Gasteiger charge is 2.17. The lowest BCUT2D eigenvalue weighted by Crippen LogP contribution is -2.19. The first-order chi connectivity index (χ1) is 17.7. The predicted molar refractivity (Wildman–Crippen MR) is 143 cm³/mol. The number of carbonyl (C=O) groups excluding carboxylic acids is 1. The average Bonchev–Trinajstić information content (AvgIpc) is 3.56. The second kappa shape index (κ2) is 11.1. The molecule has 5 aromatic rings. The number of carbonyl (C=O) groups is 1. The van der Waals surface area contributed by atoms with E-state index in [1.54, 1.807) is 18.5 Å². The number of amides is 1. The predicted octanol–water partition coefficient (Wildman–Crippen LogP) is 5.59. The van der Waals surface area contributed by atoms with Crippen LogP contribution in [0.2, 0.25) is 0 Å². The number of hydrogen-bond acceptors (Lipinski definition) is 7. The molecule has 1 N–H and O–H groups in total. The van der Waals surface area contributed by atoms with Crippen molar-refractivity contribution in [1.82, 2.24) is 25.2 Å². The molecule has 0 aliphatic rings. The summed E-state index contributed by atoms with van der Waals surface area (Å²) in [6, 6.07) is 25.0. The fraction of sp³-hybridized carbons (Fsp3) is 0.0385. The van der Waals surface area contributed by atoms with Gasteiger partial charge in [-0.3, -0.25) is 14.3 Å². The second-order valence-electron chi connectivity index (χ2n) is 7.50. The molecule has 0 radical (unpaired) electrons. The molecular formula is C26H19BrN6O2S. The highest BCUT2D eigenvalue weighted by atomic mass is 79.9. The standard InChI is InChI=1S/C26H19BrN6O2S/c27-20-8-6-18(7-9-20)23-11-10-22(35-23)16-29-30-24(34)17-36-26-32-31-25(19-12-14-28-15-13-19)33(26)21-4-2-1-3-5-21/h1-16H,17H2,(H,30,34)/b29-16+. The van der Waals surface area contributed by atoms with Gasteiger partial charge in [0.05, 0.1) is 12.0 Å². The smallest absolute Gasteiger partial charge is 0.250 e. The van der Waals surface area contributed by atoms with Crippen molar-refractivity contribution in [3.8, 4) is 28.4 Å². The lowest BCUT2D eigenvalue weighted by atomic mass is 10.2. The third-order valence-electron chi connectivity index (χ3n) is 5.06. The van der Waals surface area contributed by atoms with Gasteiger partial charge in [-0.05, 0) is 48.5 Å². The Bertz CT molecular complexity index is 1480. The molecule has 0 aliphatic heterocycles. The van der Waals surface area contributed by atoms with Gasteiger partial charge in [-0.1, -0.05) is 58.0 Å². The lowest BCUT2D eigenvalue weighted by Gasteiger charge is -2.09. The summed E-state index contributed by atoms with van der Waals surface area (Å²) in [4.78, 5) is 16.5. The number of aromatic nitrogens is 4. The Morgan fingerprint density at radius 2 is 1.75 bits per heavy atom. The highest BCUT2D eigenvalue weighted by molar-refractivity contribution is 9.10. The maximum absolute atomic E-state index is 12.4. The van der Waals surface area contributed by atoms with E-state index in [0.29, 0.717) is 16.7 Å². The van der Waals surface area contributed by atoms with Gasteiger partial charge in [-0.25, -0.2) is 5.43 Å². The van der Waals surface area contributed by atoms with Crippen LogP contribution >= 0.6 is 27.7 Å². The summed E-state index contributed by atoms with van der Waals surface area (Å²) >= 11 is 4.70. The quantitative estimate of drug-likeness (QED) is 0.151. The van der Waals surface area contributed by atoms with Crippen molar-refractivity contribution in [2.75, 3.05) is 5.75 Å². The number of hydrazone groups is 1. The molecule has 8 nitrogen and oxygen atoms in total. The summed E-state index contributed by atoms with van der Waals surface area (Å²) in [7, 11) is 0. The van der Waals surface area contributed by atoms with Crippen molar-refractivity contribution >= 4 is 39.8 Å². The third-order valence-corrected chi connectivity index (χ3v) is 6.51. The van der Waals surface area contributed by atoms with Crippen molar-refractivity contribution in [3.05, 3.63) is 101 Å². The largest absolute Gasteiger partial charge is 0.455 e. The van der Waals surface area contributed by atoms with E-state index < -0.39 is 0 Å². The van der Waals surface area contributed by atoms with Gasteiger partial charge < -0.3 is 4.42 Å². The Balaban J connectivity index is 1.24. The molecular weight excluding hydrogens is 540 g/mol. The molecule has 0 saturated carbocycles. The molecule has 3 heterocycles. The minimum absolute atomic E-state index is 0.112. The normalized spacial score (nSPS) is 11.1. The first-order valence-corrected chi connectivity index (χ1v) is 12.7. The van der Waals surface area contributed by atoms with Gasteiger partial charge >= 0.3 is 0 Å². The van der Waals surface area contributed by atoms with E-state index in [1.807, 2.05) is 77.4 Å². The monoisotopic (exact) mass is 558 g/mol. The number of halogens is 1. The summed E-state index contributed by atoms with van der Waals surface area (Å²) in [5.41, 5.74) is 5.26. The summed E-state index contributed by atoms with van der Waals surface area (Å²) in [5, 5.41) is 13.3. The number of benzene rings is 2. The number of rotatable bonds is 8. The third kappa shape index (κ3) is 5.61. The Labute approximate surface area is 219 Å². The molecule has 36 heavy (non-hydrogen) atoms. The van der Waals surface area contributed by atoms with Crippen LogP contribution in [0.4, 0.5) is 0 Å². The summed E-state index contributed by atoms with van der Waals surface area (Å²) in [6.07, 6.45) is 4.88. The van der Waals surface area contributed by atoms with E-state index in [1.165, 1.54) is 18.0 Å². The van der Waals surface area contributed by atoms with Crippen LogP contribution in [0.5, 0.6) is 0 Å². The van der Waals surface area contributed by atoms with E-state index in [2.05, 4.69) is 41.6 Å². The topological polar surface area (TPSA) is 98.2 Å². The molecule has 0 unspecified atom stereocenters. The fourth-order valence-corrected chi connectivity index (χ4v) is 4.39. The van der Waals surface area contributed by atoms with E-state index in [0.717, 1.165) is 27.0 Å². The first-order valence-electron chi connectivity index (χ1n) is 10.9. The number of para-hydroxylation sites is 1. The lowest BCUT2D eigenvalue weighted by molar-refractivity contribution is -0.118. The minimum Gasteiger partial charge on any atom is -0.455 e. The molecule has 1 amide bonds. The van der Waals surface area contributed by atoms with Gasteiger partial charge in [0.2, 0.25) is 0 Å². The van der Waals surface area contributed by atoms with Crippen LogP contribution in [0.15, 0.2) is 110 Å². The van der Waals surface area contributed by atoms with E-state index in [9.17, 15) is 4.79 Å². The Hall–Kier alpha value is -4.02. The van der Waals surface area contributed by atoms with Crippen LogP contribution in [0.1, 0.15) is 5.76 Å². The van der Waals surface area contributed by atoms with Crippen molar-refractivity contribution in [2.45, 2.75) is 5.16 Å².